The van der Waals surface area contributed by atoms with Gasteiger partial charge in [-0.1, -0.05) is 24.3 Å². The average molecular weight is 410 g/mol. The van der Waals surface area contributed by atoms with Gasteiger partial charge in [0.15, 0.2) is 0 Å². The van der Waals surface area contributed by atoms with Gasteiger partial charge in [-0.3, -0.25) is 9.69 Å². The zero-order valence-electron chi connectivity index (χ0n) is 16.3. The average Bonchev–Trinajstić information content (AvgIpc) is 2.77. The van der Waals surface area contributed by atoms with Crippen LogP contribution in [-0.2, 0) is 0 Å². The van der Waals surface area contributed by atoms with Gasteiger partial charge in [-0.25, -0.2) is 13.2 Å². The first-order chi connectivity index (χ1) is 14.5. The Hall–Kier alpha value is -3.12. The van der Waals surface area contributed by atoms with Gasteiger partial charge in [0.05, 0.1) is 6.04 Å². The predicted molar refractivity (Wildman–Crippen MR) is 109 cm³/mol. The van der Waals surface area contributed by atoms with Gasteiger partial charge in [0.2, 0.25) is 0 Å². The second kappa shape index (κ2) is 8.71. The summed E-state index contributed by atoms with van der Waals surface area (Å²) in [6.45, 7) is 2.23. The molecule has 0 saturated carbocycles. The summed E-state index contributed by atoms with van der Waals surface area (Å²) in [6.07, 6.45) is 0. The van der Waals surface area contributed by atoms with Crippen LogP contribution in [0, 0.1) is 17.5 Å². The molecule has 154 valence electrons. The minimum atomic E-state index is -0.377. The molecule has 0 aromatic heterocycles. The molecule has 3 aromatic rings. The highest BCUT2D eigenvalue weighted by Gasteiger charge is 2.28. The lowest BCUT2D eigenvalue weighted by Crippen LogP contribution is -2.49. The Morgan fingerprint density at radius 1 is 0.633 bits per heavy atom. The van der Waals surface area contributed by atoms with E-state index in [1.807, 2.05) is 0 Å². The highest BCUT2D eigenvalue weighted by molar-refractivity contribution is 5.94. The zero-order valence-corrected chi connectivity index (χ0v) is 16.3. The summed E-state index contributed by atoms with van der Waals surface area (Å²) in [5.41, 5.74) is 2.26. The topological polar surface area (TPSA) is 23.6 Å². The van der Waals surface area contributed by atoms with Gasteiger partial charge >= 0.3 is 0 Å². The Kier molecular flexibility index (Phi) is 5.86. The van der Waals surface area contributed by atoms with E-state index < -0.39 is 0 Å². The maximum atomic E-state index is 13.4. The van der Waals surface area contributed by atoms with Crippen molar-refractivity contribution in [2.45, 2.75) is 6.04 Å². The Morgan fingerprint density at radius 2 is 1.03 bits per heavy atom. The summed E-state index contributed by atoms with van der Waals surface area (Å²) in [7, 11) is 0. The van der Waals surface area contributed by atoms with Crippen molar-refractivity contribution in [3.8, 4) is 0 Å². The number of benzene rings is 3. The van der Waals surface area contributed by atoms with Gasteiger partial charge in [0, 0.05) is 31.7 Å². The standard InChI is InChI=1S/C24H21F3N2O/c25-20-7-1-17(2-8-20)23(18-3-9-21(26)10-4-18)28-13-15-29(16-14-28)24(30)19-5-11-22(27)12-6-19/h1-12,23H,13-16H2. The first kappa shape index (κ1) is 20.2. The van der Waals surface area contributed by atoms with E-state index in [1.54, 1.807) is 29.2 Å². The minimum absolute atomic E-state index is 0.130. The van der Waals surface area contributed by atoms with E-state index in [1.165, 1.54) is 48.5 Å². The number of carbonyl (C=O) groups excluding carboxylic acids is 1. The van der Waals surface area contributed by atoms with E-state index >= 15 is 0 Å². The Labute approximate surface area is 173 Å². The van der Waals surface area contributed by atoms with Crippen LogP contribution >= 0.6 is 0 Å². The molecule has 0 N–H and O–H groups in total. The lowest BCUT2D eigenvalue weighted by molar-refractivity contribution is 0.0597. The lowest BCUT2D eigenvalue weighted by atomic mass is 9.96. The number of hydrogen-bond acceptors (Lipinski definition) is 2. The molecule has 1 aliphatic heterocycles. The van der Waals surface area contributed by atoms with E-state index in [0.29, 0.717) is 31.7 Å². The van der Waals surface area contributed by atoms with E-state index in [0.717, 1.165) is 11.1 Å². The van der Waals surface area contributed by atoms with Gasteiger partial charge in [-0.05, 0) is 59.7 Å². The van der Waals surface area contributed by atoms with Gasteiger partial charge in [-0.2, -0.15) is 0 Å². The summed E-state index contributed by atoms with van der Waals surface area (Å²) in [4.78, 5) is 16.7. The minimum Gasteiger partial charge on any atom is -0.336 e. The first-order valence-electron chi connectivity index (χ1n) is 9.81. The van der Waals surface area contributed by atoms with Gasteiger partial charge in [0.25, 0.3) is 5.91 Å². The molecule has 1 amide bonds. The van der Waals surface area contributed by atoms with E-state index in [-0.39, 0.29) is 29.4 Å². The van der Waals surface area contributed by atoms with Crippen LogP contribution < -0.4 is 0 Å². The molecular formula is C24H21F3N2O. The van der Waals surface area contributed by atoms with Crippen molar-refractivity contribution >= 4 is 5.91 Å². The fourth-order valence-corrected chi connectivity index (χ4v) is 3.86. The molecule has 1 fully saturated rings. The number of amides is 1. The molecule has 0 aliphatic carbocycles. The molecule has 0 bridgehead atoms. The van der Waals surface area contributed by atoms with Crippen molar-refractivity contribution in [1.82, 2.24) is 9.80 Å². The molecular weight excluding hydrogens is 389 g/mol. The second-order valence-electron chi connectivity index (χ2n) is 7.34. The highest BCUT2D eigenvalue weighted by Crippen LogP contribution is 2.30. The molecule has 1 saturated heterocycles. The molecule has 6 heteroatoms. The SMILES string of the molecule is O=C(c1ccc(F)cc1)N1CCN(C(c2ccc(F)cc2)c2ccc(F)cc2)CC1. The molecule has 3 aromatic carbocycles. The highest BCUT2D eigenvalue weighted by atomic mass is 19.1. The molecule has 0 unspecified atom stereocenters. The summed E-state index contributed by atoms with van der Waals surface area (Å²) in [6, 6.07) is 18.0. The summed E-state index contributed by atoms with van der Waals surface area (Å²) in [5, 5.41) is 0. The van der Waals surface area contributed by atoms with Crippen LogP contribution in [0.4, 0.5) is 13.2 Å². The molecule has 1 aliphatic rings. The largest absolute Gasteiger partial charge is 0.336 e. The van der Waals surface area contributed by atoms with Crippen molar-refractivity contribution < 1.29 is 18.0 Å². The van der Waals surface area contributed by atoms with Crippen molar-refractivity contribution in [2.24, 2.45) is 0 Å². The van der Waals surface area contributed by atoms with Crippen LogP contribution in [0.2, 0.25) is 0 Å². The Morgan fingerprint density at radius 3 is 1.47 bits per heavy atom. The quantitative estimate of drug-likeness (QED) is 0.625. The van der Waals surface area contributed by atoms with Gasteiger partial charge < -0.3 is 4.90 Å². The number of rotatable bonds is 4. The third-order valence-corrected chi connectivity index (χ3v) is 5.43. The van der Waals surface area contributed by atoms with Crippen LogP contribution in [0.1, 0.15) is 27.5 Å². The lowest BCUT2D eigenvalue weighted by Gasteiger charge is -2.39. The molecule has 0 atom stereocenters. The number of piperazine rings is 1. The molecule has 1 heterocycles. The third-order valence-electron chi connectivity index (χ3n) is 5.43. The van der Waals surface area contributed by atoms with E-state index in [2.05, 4.69) is 4.90 Å². The monoisotopic (exact) mass is 410 g/mol. The van der Waals surface area contributed by atoms with Crippen LogP contribution in [0.25, 0.3) is 0 Å². The van der Waals surface area contributed by atoms with Crippen molar-refractivity contribution in [3.05, 3.63) is 107 Å². The maximum absolute atomic E-state index is 13.4. The number of hydrogen-bond donors (Lipinski definition) is 0. The molecule has 0 spiro atoms. The van der Waals surface area contributed by atoms with Crippen LogP contribution in [-0.4, -0.2) is 41.9 Å². The van der Waals surface area contributed by atoms with Crippen LogP contribution in [0.5, 0.6) is 0 Å². The summed E-state index contributed by atoms with van der Waals surface area (Å²) < 4.78 is 40.0. The maximum Gasteiger partial charge on any atom is 0.253 e. The normalized spacial score (nSPS) is 14.9. The van der Waals surface area contributed by atoms with Crippen LogP contribution in [0.15, 0.2) is 72.8 Å². The smallest absolute Gasteiger partial charge is 0.253 e. The van der Waals surface area contributed by atoms with Crippen molar-refractivity contribution in [3.63, 3.8) is 0 Å². The predicted octanol–water partition coefficient (Wildman–Crippen LogP) is 4.65. The zero-order chi connectivity index (χ0) is 21.1. The molecule has 4 rings (SSSR count). The fourth-order valence-electron chi connectivity index (χ4n) is 3.86. The number of nitrogens with zero attached hydrogens (tertiary/aromatic N) is 2. The van der Waals surface area contributed by atoms with Crippen molar-refractivity contribution in [1.29, 1.82) is 0 Å². The van der Waals surface area contributed by atoms with Crippen LogP contribution in [0.3, 0.4) is 0 Å². The Balaban J connectivity index is 1.53. The fraction of sp³-hybridized carbons (Fsp3) is 0.208. The first-order valence-corrected chi connectivity index (χ1v) is 9.81. The van der Waals surface area contributed by atoms with Crippen molar-refractivity contribution in [2.75, 3.05) is 26.2 Å². The van der Waals surface area contributed by atoms with E-state index in [4.69, 9.17) is 0 Å². The van der Waals surface area contributed by atoms with Gasteiger partial charge in [-0.15, -0.1) is 0 Å². The molecule has 30 heavy (non-hydrogen) atoms. The summed E-state index contributed by atoms with van der Waals surface area (Å²) >= 11 is 0. The molecule has 3 nitrogen and oxygen atoms in total. The molecule has 0 radical (unpaired) electrons. The summed E-state index contributed by atoms with van der Waals surface area (Å²) in [5.74, 6) is -1.13. The van der Waals surface area contributed by atoms with Gasteiger partial charge in [0.1, 0.15) is 17.5 Å². The third kappa shape index (κ3) is 4.39. The van der Waals surface area contributed by atoms with E-state index in [9.17, 15) is 18.0 Å². The second-order valence-corrected chi connectivity index (χ2v) is 7.34. The Bertz CT molecular complexity index is 951. The number of halogens is 3. The number of carbonyl (C=O) groups is 1.